The number of amides is 2. The Morgan fingerprint density at radius 3 is 2.45 bits per heavy atom. The Hall–Kier alpha value is -3.32. The number of hydrogen-bond acceptors (Lipinski definition) is 4. The predicted octanol–water partition coefficient (Wildman–Crippen LogP) is 3.65. The van der Waals surface area contributed by atoms with E-state index in [9.17, 15) is 9.59 Å². The number of aromatic nitrogens is 2. The van der Waals surface area contributed by atoms with E-state index in [4.69, 9.17) is 11.6 Å². The zero-order valence-corrected chi connectivity index (χ0v) is 16.9. The first-order chi connectivity index (χ1) is 14.0. The van der Waals surface area contributed by atoms with E-state index in [0.717, 1.165) is 16.8 Å². The molecule has 3 rings (SSSR count). The molecule has 0 aliphatic rings. The molecule has 150 valence electrons. The lowest BCUT2D eigenvalue weighted by molar-refractivity contribution is 0.0600. The van der Waals surface area contributed by atoms with E-state index in [0.29, 0.717) is 23.7 Å². The molecule has 2 amide bonds. The van der Waals surface area contributed by atoms with Gasteiger partial charge < -0.3 is 15.0 Å². The minimum Gasteiger partial charge on any atom is -0.465 e. The molecule has 2 aromatic carbocycles. The van der Waals surface area contributed by atoms with Gasteiger partial charge in [0.2, 0.25) is 0 Å². The molecule has 0 aliphatic heterocycles. The Kier molecular flexibility index (Phi) is 6.51. The average Bonchev–Trinajstić information content (AvgIpc) is 3.21. The van der Waals surface area contributed by atoms with Crippen LogP contribution in [-0.4, -0.2) is 40.8 Å². The number of methoxy groups -OCH3 is 1. The van der Waals surface area contributed by atoms with Crippen LogP contribution in [0.5, 0.6) is 0 Å². The molecular weight excluding hydrogens is 392 g/mol. The normalized spacial score (nSPS) is 10.4. The highest BCUT2D eigenvalue weighted by atomic mass is 35.5. The molecule has 0 spiro atoms. The van der Waals surface area contributed by atoms with E-state index < -0.39 is 0 Å². The van der Waals surface area contributed by atoms with Gasteiger partial charge >= 0.3 is 12.0 Å². The van der Waals surface area contributed by atoms with E-state index in [1.165, 1.54) is 7.11 Å². The van der Waals surface area contributed by atoms with Crippen LogP contribution in [0, 0.1) is 0 Å². The van der Waals surface area contributed by atoms with Gasteiger partial charge in [-0.2, -0.15) is 5.10 Å². The number of esters is 1. The van der Waals surface area contributed by atoms with Crippen LogP contribution in [0.4, 0.5) is 4.79 Å². The van der Waals surface area contributed by atoms with Crippen LogP contribution < -0.4 is 5.32 Å². The Morgan fingerprint density at radius 2 is 1.79 bits per heavy atom. The van der Waals surface area contributed by atoms with Crippen molar-refractivity contribution in [1.29, 1.82) is 0 Å². The fourth-order valence-electron chi connectivity index (χ4n) is 2.71. The highest BCUT2D eigenvalue weighted by Gasteiger charge is 2.11. The van der Waals surface area contributed by atoms with Gasteiger partial charge in [0, 0.05) is 36.9 Å². The summed E-state index contributed by atoms with van der Waals surface area (Å²) >= 11 is 5.90. The number of benzene rings is 2. The van der Waals surface area contributed by atoms with Gasteiger partial charge in [0.05, 0.1) is 24.6 Å². The van der Waals surface area contributed by atoms with Crippen molar-refractivity contribution in [3.8, 4) is 5.69 Å². The van der Waals surface area contributed by atoms with E-state index in [-0.39, 0.29) is 12.0 Å². The minimum absolute atomic E-state index is 0.207. The van der Waals surface area contributed by atoms with Crippen molar-refractivity contribution < 1.29 is 14.3 Å². The molecule has 0 saturated carbocycles. The van der Waals surface area contributed by atoms with E-state index in [1.54, 1.807) is 59.2 Å². The van der Waals surface area contributed by atoms with E-state index in [1.807, 2.05) is 18.3 Å². The maximum Gasteiger partial charge on any atom is 0.337 e. The van der Waals surface area contributed by atoms with Gasteiger partial charge in [0.25, 0.3) is 0 Å². The van der Waals surface area contributed by atoms with Crippen LogP contribution in [0.15, 0.2) is 60.9 Å². The van der Waals surface area contributed by atoms with Crippen LogP contribution >= 0.6 is 11.6 Å². The molecule has 8 heteroatoms. The topological polar surface area (TPSA) is 76.5 Å². The van der Waals surface area contributed by atoms with Crippen molar-refractivity contribution in [2.24, 2.45) is 0 Å². The van der Waals surface area contributed by atoms with Crippen LogP contribution in [0.3, 0.4) is 0 Å². The number of nitrogens with one attached hydrogen (secondary N) is 1. The standard InChI is InChI=1S/C21H21ClN4O3/c1-25(13-15-3-5-17(6-4-15)20(27)29-2)21(28)23-11-16-12-24-26(14-16)19-9-7-18(22)8-10-19/h3-10,12,14H,11,13H2,1-2H3,(H,23,28). The second-order valence-electron chi connectivity index (χ2n) is 6.47. The molecule has 0 radical (unpaired) electrons. The second kappa shape index (κ2) is 9.25. The van der Waals surface area contributed by atoms with Crippen molar-refractivity contribution in [2.75, 3.05) is 14.2 Å². The first-order valence-electron chi connectivity index (χ1n) is 8.92. The highest BCUT2D eigenvalue weighted by Crippen LogP contribution is 2.13. The number of halogens is 1. The van der Waals surface area contributed by atoms with Gasteiger partial charge in [-0.3, -0.25) is 0 Å². The second-order valence-corrected chi connectivity index (χ2v) is 6.91. The van der Waals surface area contributed by atoms with Gasteiger partial charge in [-0.15, -0.1) is 0 Å². The summed E-state index contributed by atoms with van der Waals surface area (Å²) in [6.07, 6.45) is 3.56. The third-order valence-corrected chi connectivity index (χ3v) is 4.56. The first-order valence-corrected chi connectivity index (χ1v) is 9.30. The predicted molar refractivity (Wildman–Crippen MR) is 110 cm³/mol. The van der Waals surface area contributed by atoms with Crippen LogP contribution in [-0.2, 0) is 17.8 Å². The zero-order valence-electron chi connectivity index (χ0n) is 16.1. The molecule has 0 atom stereocenters. The monoisotopic (exact) mass is 412 g/mol. The van der Waals surface area contributed by atoms with Gasteiger partial charge in [-0.25, -0.2) is 14.3 Å². The maximum absolute atomic E-state index is 12.4. The maximum atomic E-state index is 12.4. The number of hydrogen-bond donors (Lipinski definition) is 1. The molecule has 1 N–H and O–H groups in total. The number of urea groups is 1. The lowest BCUT2D eigenvalue weighted by Gasteiger charge is -2.18. The summed E-state index contributed by atoms with van der Waals surface area (Å²) in [6, 6.07) is 14.1. The molecule has 0 bridgehead atoms. The van der Waals surface area contributed by atoms with Crippen LogP contribution in [0.2, 0.25) is 5.02 Å². The summed E-state index contributed by atoms with van der Waals surface area (Å²) < 4.78 is 6.40. The Labute approximate surface area is 173 Å². The number of nitrogens with zero attached hydrogens (tertiary/aromatic N) is 3. The summed E-state index contributed by atoms with van der Waals surface area (Å²) in [5.41, 5.74) is 3.15. The number of ether oxygens (including phenoxy) is 1. The van der Waals surface area contributed by atoms with E-state index >= 15 is 0 Å². The summed E-state index contributed by atoms with van der Waals surface area (Å²) in [5.74, 6) is -0.387. The third kappa shape index (κ3) is 5.36. The summed E-state index contributed by atoms with van der Waals surface area (Å²) in [4.78, 5) is 25.4. The summed E-state index contributed by atoms with van der Waals surface area (Å²) in [7, 11) is 3.05. The molecule has 1 heterocycles. The molecule has 0 fully saturated rings. The Balaban J connectivity index is 1.52. The van der Waals surface area contributed by atoms with Gasteiger partial charge in [0.15, 0.2) is 0 Å². The van der Waals surface area contributed by atoms with Crippen molar-refractivity contribution >= 4 is 23.6 Å². The lowest BCUT2D eigenvalue weighted by Crippen LogP contribution is -2.36. The van der Waals surface area contributed by atoms with Crippen LogP contribution in [0.1, 0.15) is 21.5 Å². The van der Waals surface area contributed by atoms with E-state index in [2.05, 4.69) is 15.2 Å². The number of carbonyl (C=O) groups is 2. The average molecular weight is 413 g/mol. The molecule has 0 unspecified atom stereocenters. The Bertz CT molecular complexity index is 984. The number of rotatable bonds is 6. The molecular formula is C21H21ClN4O3. The molecule has 3 aromatic rings. The van der Waals surface area contributed by atoms with Crippen molar-refractivity contribution in [3.05, 3.63) is 82.6 Å². The highest BCUT2D eigenvalue weighted by molar-refractivity contribution is 6.30. The van der Waals surface area contributed by atoms with Crippen LogP contribution in [0.25, 0.3) is 5.69 Å². The fourth-order valence-corrected chi connectivity index (χ4v) is 2.83. The lowest BCUT2D eigenvalue weighted by atomic mass is 10.1. The zero-order chi connectivity index (χ0) is 20.8. The van der Waals surface area contributed by atoms with Gasteiger partial charge in [-0.1, -0.05) is 23.7 Å². The quantitative estimate of drug-likeness (QED) is 0.627. The smallest absolute Gasteiger partial charge is 0.337 e. The minimum atomic E-state index is -0.387. The Morgan fingerprint density at radius 1 is 1.10 bits per heavy atom. The third-order valence-electron chi connectivity index (χ3n) is 4.31. The largest absolute Gasteiger partial charge is 0.465 e. The van der Waals surface area contributed by atoms with Gasteiger partial charge in [0.1, 0.15) is 0 Å². The first kappa shape index (κ1) is 20.4. The molecule has 0 saturated heterocycles. The molecule has 29 heavy (non-hydrogen) atoms. The molecule has 7 nitrogen and oxygen atoms in total. The number of carbonyl (C=O) groups excluding carboxylic acids is 2. The molecule has 1 aromatic heterocycles. The van der Waals surface area contributed by atoms with Crippen molar-refractivity contribution in [3.63, 3.8) is 0 Å². The summed E-state index contributed by atoms with van der Waals surface area (Å²) in [6.45, 7) is 0.773. The van der Waals surface area contributed by atoms with Gasteiger partial charge in [-0.05, 0) is 42.0 Å². The van der Waals surface area contributed by atoms with Crippen molar-refractivity contribution in [1.82, 2.24) is 20.0 Å². The molecule has 0 aliphatic carbocycles. The van der Waals surface area contributed by atoms with Crippen molar-refractivity contribution in [2.45, 2.75) is 13.1 Å². The summed E-state index contributed by atoms with van der Waals surface area (Å²) in [5, 5.41) is 7.84. The fraction of sp³-hybridized carbons (Fsp3) is 0.190. The SMILES string of the molecule is COC(=O)c1ccc(CN(C)C(=O)NCc2cnn(-c3ccc(Cl)cc3)c2)cc1.